The third-order valence-electron chi connectivity index (χ3n) is 3.08. The van der Waals surface area contributed by atoms with E-state index in [9.17, 15) is 0 Å². The van der Waals surface area contributed by atoms with Gasteiger partial charge >= 0.3 is 0 Å². The van der Waals surface area contributed by atoms with Crippen LogP contribution in [0.1, 0.15) is 31.2 Å². The molecule has 0 radical (unpaired) electrons. The van der Waals surface area contributed by atoms with Crippen molar-refractivity contribution in [1.82, 2.24) is 0 Å². The van der Waals surface area contributed by atoms with Crippen molar-refractivity contribution in [3.05, 3.63) is 29.8 Å². The minimum absolute atomic E-state index is 0.958. The summed E-state index contributed by atoms with van der Waals surface area (Å²) in [5, 5.41) is 0.958. The minimum atomic E-state index is 0.958. The molecule has 0 saturated carbocycles. The van der Waals surface area contributed by atoms with Crippen LogP contribution in [-0.2, 0) is 5.33 Å². The van der Waals surface area contributed by atoms with Crippen LogP contribution in [0, 0.1) is 0 Å². The van der Waals surface area contributed by atoms with Crippen molar-refractivity contribution < 1.29 is 0 Å². The molecule has 0 atom stereocenters. The van der Waals surface area contributed by atoms with Gasteiger partial charge in [0.25, 0.3) is 0 Å². The predicted octanol–water partition coefficient (Wildman–Crippen LogP) is 3.96. The first-order valence-corrected chi connectivity index (χ1v) is 6.93. The Bertz CT molecular complexity index is 303. The van der Waals surface area contributed by atoms with Gasteiger partial charge in [-0.3, -0.25) is 0 Å². The maximum Gasteiger partial charge on any atom is 0.0407 e. The molecule has 1 aromatic rings. The maximum absolute atomic E-state index is 3.57. The predicted molar refractivity (Wildman–Crippen MR) is 69.8 cm³/mol. The Morgan fingerprint density at radius 2 is 1.67 bits per heavy atom. The normalized spacial score (nSPS) is 17.5. The number of rotatable bonds is 2. The quantitative estimate of drug-likeness (QED) is 0.734. The molecular weight excluding hydrogens is 250 g/mol. The number of benzene rings is 1. The van der Waals surface area contributed by atoms with Crippen molar-refractivity contribution in [3.63, 3.8) is 0 Å². The topological polar surface area (TPSA) is 3.24 Å². The van der Waals surface area contributed by atoms with Crippen molar-refractivity contribution in [2.45, 2.75) is 31.0 Å². The van der Waals surface area contributed by atoms with E-state index in [2.05, 4.69) is 45.1 Å². The van der Waals surface area contributed by atoms with Crippen LogP contribution in [0.2, 0.25) is 0 Å². The lowest BCUT2D eigenvalue weighted by atomic mass is 10.2. The summed E-state index contributed by atoms with van der Waals surface area (Å²) in [5.74, 6) is 0. The van der Waals surface area contributed by atoms with Crippen LogP contribution in [0.5, 0.6) is 0 Å². The smallest absolute Gasteiger partial charge is 0.0407 e. The van der Waals surface area contributed by atoms with Gasteiger partial charge < -0.3 is 4.90 Å². The van der Waals surface area contributed by atoms with Gasteiger partial charge in [-0.15, -0.1) is 0 Å². The molecule has 1 aliphatic heterocycles. The second kappa shape index (κ2) is 5.55. The number of hydrogen-bond donors (Lipinski definition) is 0. The van der Waals surface area contributed by atoms with Gasteiger partial charge in [-0.25, -0.2) is 0 Å². The van der Waals surface area contributed by atoms with Crippen molar-refractivity contribution in [2.75, 3.05) is 18.0 Å². The molecule has 1 heterocycles. The van der Waals surface area contributed by atoms with Gasteiger partial charge in [0.15, 0.2) is 0 Å². The summed E-state index contributed by atoms with van der Waals surface area (Å²) in [7, 11) is 0. The zero-order chi connectivity index (χ0) is 10.5. The minimum Gasteiger partial charge on any atom is -0.371 e. The molecule has 2 heteroatoms. The maximum atomic E-state index is 3.57. The summed E-state index contributed by atoms with van der Waals surface area (Å²) in [4.78, 5) is 2.55. The Labute approximate surface area is 101 Å². The summed E-state index contributed by atoms with van der Waals surface area (Å²) in [6.07, 6.45) is 5.48. The molecular formula is C13H18BrN. The number of halogens is 1. The van der Waals surface area contributed by atoms with Crippen LogP contribution in [0.25, 0.3) is 0 Å². The molecule has 0 bridgehead atoms. The zero-order valence-corrected chi connectivity index (χ0v) is 10.7. The summed E-state index contributed by atoms with van der Waals surface area (Å²) in [6.45, 7) is 2.45. The standard InChI is InChI=1S/C13H18BrN/c14-11-12-7-3-4-8-13(12)15-9-5-1-2-6-10-15/h3-4,7-8H,1-2,5-6,9-11H2. The van der Waals surface area contributed by atoms with Crippen LogP contribution in [0.4, 0.5) is 5.69 Å². The van der Waals surface area contributed by atoms with E-state index in [1.165, 1.54) is 50.0 Å². The Morgan fingerprint density at radius 3 is 2.33 bits per heavy atom. The average Bonchev–Trinajstić information content (AvgIpc) is 2.57. The van der Waals surface area contributed by atoms with Gasteiger partial charge in [0.1, 0.15) is 0 Å². The highest BCUT2D eigenvalue weighted by atomic mass is 79.9. The lowest BCUT2D eigenvalue weighted by Crippen LogP contribution is -2.24. The summed E-state index contributed by atoms with van der Waals surface area (Å²) in [6, 6.07) is 8.74. The Hall–Kier alpha value is -0.500. The SMILES string of the molecule is BrCc1ccccc1N1CCCCCC1. The van der Waals surface area contributed by atoms with E-state index in [-0.39, 0.29) is 0 Å². The number of anilines is 1. The van der Waals surface area contributed by atoms with Gasteiger partial charge in [-0.2, -0.15) is 0 Å². The van der Waals surface area contributed by atoms with E-state index in [0.717, 1.165) is 5.33 Å². The molecule has 0 spiro atoms. The molecule has 1 saturated heterocycles. The first kappa shape index (κ1) is 11.0. The molecule has 1 aliphatic rings. The van der Waals surface area contributed by atoms with E-state index in [1.54, 1.807) is 0 Å². The molecule has 1 aromatic carbocycles. The fraction of sp³-hybridized carbons (Fsp3) is 0.538. The van der Waals surface area contributed by atoms with Gasteiger partial charge in [0, 0.05) is 24.1 Å². The second-order valence-corrected chi connectivity index (χ2v) is 4.72. The van der Waals surface area contributed by atoms with Crippen LogP contribution in [-0.4, -0.2) is 13.1 Å². The lowest BCUT2D eigenvalue weighted by Gasteiger charge is -2.24. The molecule has 1 nitrogen and oxygen atoms in total. The third kappa shape index (κ3) is 2.75. The summed E-state index contributed by atoms with van der Waals surface area (Å²) < 4.78 is 0. The fourth-order valence-electron chi connectivity index (χ4n) is 2.24. The molecule has 82 valence electrons. The van der Waals surface area contributed by atoms with Crippen molar-refractivity contribution in [3.8, 4) is 0 Å². The molecule has 15 heavy (non-hydrogen) atoms. The van der Waals surface area contributed by atoms with E-state index >= 15 is 0 Å². The van der Waals surface area contributed by atoms with Crippen LogP contribution in [0.3, 0.4) is 0 Å². The van der Waals surface area contributed by atoms with Gasteiger partial charge in [0.2, 0.25) is 0 Å². The van der Waals surface area contributed by atoms with Gasteiger partial charge in [-0.1, -0.05) is 47.0 Å². The summed E-state index contributed by atoms with van der Waals surface area (Å²) >= 11 is 3.57. The molecule has 0 unspecified atom stereocenters. The van der Waals surface area contributed by atoms with Crippen molar-refractivity contribution >= 4 is 21.6 Å². The zero-order valence-electron chi connectivity index (χ0n) is 9.08. The molecule has 0 amide bonds. The molecule has 2 rings (SSSR count). The third-order valence-corrected chi connectivity index (χ3v) is 3.69. The van der Waals surface area contributed by atoms with Crippen LogP contribution < -0.4 is 4.90 Å². The Kier molecular flexibility index (Phi) is 4.07. The highest BCUT2D eigenvalue weighted by Crippen LogP contribution is 2.25. The van der Waals surface area contributed by atoms with Crippen LogP contribution in [0.15, 0.2) is 24.3 Å². The molecule has 0 aliphatic carbocycles. The fourth-order valence-corrected chi connectivity index (χ4v) is 2.72. The van der Waals surface area contributed by atoms with E-state index in [4.69, 9.17) is 0 Å². The van der Waals surface area contributed by atoms with Gasteiger partial charge in [-0.05, 0) is 24.5 Å². The average molecular weight is 268 g/mol. The molecule has 0 N–H and O–H groups in total. The molecule has 1 fully saturated rings. The summed E-state index contributed by atoms with van der Waals surface area (Å²) in [5.41, 5.74) is 2.84. The lowest BCUT2D eigenvalue weighted by molar-refractivity contribution is 0.726. The highest BCUT2D eigenvalue weighted by molar-refractivity contribution is 9.08. The highest BCUT2D eigenvalue weighted by Gasteiger charge is 2.12. The van der Waals surface area contributed by atoms with E-state index in [1.807, 2.05) is 0 Å². The number of para-hydroxylation sites is 1. The number of hydrogen-bond acceptors (Lipinski definition) is 1. The second-order valence-electron chi connectivity index (χ2n) is 4.16. The van der Waals surface area contributed by atoms with E-state index in [0.29, 0.717) is 0 Å². The van der Waals surface area contributed by atoms with E-state index < -0.39 is 0 Å². The largest absolute Gasteiger partial charge is 0.371 e. The van der Waals surface area contributed by atoms with Crippen molar-refractivity contribution in [2.24, 2.45) is 0 Å². The number of nitrogens with zero attached hydrogens (tertiary/aromatic N) is 1. The molecule has 0 aromatic heterocycles. The monoisotopic (exact) mass is 267 g/mol. The first-order chi connectivity index (χ1) is 7.42. The Morgan fingerprint density at radius 1 is 1.00 bits per heavy atom. The Balaban J connectivity index is 2.18. The number of alkyl halides is 1. The van der Waals surface area contributed by atoms with Gasteiger partial charge in [0.05, 0.1) is 0 Å². The van der Waals surface area contributed by atoms with Crippen molar-refractivity contribution in [1.29, 1.82) is 0 Å². The van der Waals surface area contributed by atoms with Crippen LogP contribution >= 0.6 is 15.9 Å². The first-order valence-electron chi connectivity index (χ1n) is 5.80.